The molecule has 48 heteroatoms. The van der Waals surface area contributed by atoms with Crippen LogP contribution in [0.3, 0.4) is 0 Å². The molecule has 0 aromatic carbocycles. The number of carbonyl (C=O) groups excluding carboxylic acids is 19. The molecule has 4 aliphatic rings. The van der Waals surface area contributed by atoms with Crippen molar-refractivity contribution in [3.05, 3.63) is 0 Å². The van der Waals surface area contributed by atoms with Gasteiger partial charge in [-0.3, -0.25) is 65.3 Å². The number of Topliss-reactive ketones (excluding diaryl/α,β-unsaturated/α-hetero) is 6. The number of ketones is 6. The molecule has 0 aromatic heterocycles. The van der Waals surface area contributed by atoms with Crippen molar-refractivity contribution in [2.75, 3.05) is 156 Å². The van der Waals surface area contributed by atoms with Crippen molar-refractivity contribution in [1.29, 1.82) is 0 Å². The van der Waals surface area contributed by atoms with Gasteiger partial charge in [0.25, 0.3) is 0 Å². The molecule has 0 bridgehead atoms. The monoisotopic (exact) mass is 2180 g/mol. The first kappa shape index (κ1) is 160. The normalized spacial score (nSPS) is 15.7. The van der Waals surface area contributed by atoms with Gasteiger partial charge < -0.3 is 102 Å². The van der Waals surface area contributed by atoms with Crippen LogP contribution in [0.2, 0.25) is 0 Å². The molecule has 0 aromatic rings. The Bertz CT molecular complexity index is 3350. The Hall–Kier alpha value is -3.12. The van der Waals surface area contributed by atoms with E-state index in [1.165, 1.54) is 85.6 Å². The van der Waals surface area contributed by atoms with Gasteiger partial charge in [0.15, 0.2) is 17.3 Å². The van der Waals surface area contributed by atoms with Gasteiger partial charge in [0.2, 0.25) is 11.8 Å². The van der Waals surface area contributed by atoms with E-state index in [4.69, 9.17) is 18.9 Å². The smallest absolute Gasteiger partial charge is 0.542 e. The van der Waals surface area contributed by atoms with Crippen LogP contribution in [0.15, 0.2) is 0 Å². The molecule has 4 fully saturated rings. The zero-order valence-electron chi connectivity index (χ0n) is 89.3. The summed E-state index contributed by atoms with van der Waals surface area (Å²) in [5, 5.41) is 24.1. The predicted molar refractivity (Wildman–Crippen MR) is 555 cm³/mol. The van der Waals surface area contributed by atoms with E-state index in [0.29, 0.717) is 79.0 Å². The van der Waals surface area contributed by atoms with E-state index in [2.05, 4.69) is 142 Å². The molecule has 5 amide bonds. The van der Waals surface area contributed by atoms with Gasteiger partial charge in [-0.2, -0.15) is 36.4 Å². The minimum absolute atomic E-state index is 0. The molecule has 0 spiro atoms. The van der Waals surface area contributed by atoms with E-state index in [0.717, 1.165) is 13.2 Å². The molecule has 11 atom stereocenters. The predicted octanol–water partition coefficient (Wildman–Crippen LogP) is 3.89. The molecule has 4 heterocycles. The molecule has 4 saturated heterocycles. The number of esters is 6. The Balaban J connectivity index is -0.000000145. The summed E-state index contributed by atoms with van der Waals surface area (Å²) in [6.45, 7) is 58.3. The summed E-state index contributed by atoms with van der Waals surface area (Å²) >= 11 is 2.98. The Morgan fingerprint density at radius 2 is 0.667 bits per heavy atom. The third kappa shape index (κ3) is 98.9. The van der Waals surface area contributed by atoms with E-state index in [1.54, 1.807) is 103 Å². The number of thioether (sulfide) groups is 2. The molecule has 1 radical (unpaired) electrons. The number of carbonyl (C=O) groups is 17. The number of ether oxygens (including phenoxy) is 7. The van der Waals surface area contributed by atoms with E-state index in [-0.39, 0.29) is 211 Å². The molecule has 4 aliphatic heterocycles. The van der Waals surface area contributed by atoms with Crippen molar-refractivity contribution in [2.45, 2.75) is 292 Å². The first-order valence-electron chi connectivity index (χ1n) is 44.5. The molecular formula is C90H173CoN9Na2O28P4S4+2. The molecular weight excluding hydrogens is 2010 g/mol. The third-order valence-corrected chi connectivity index (χ3v) is 20.7. The van der Waals surface area contributed by atoms with Crippen LogP contribution in [0.25, 0.3) is 0 Å². The van der Waals surface area contributed by atoms with E-state index in [1.807, 2.05) is 27.7 Å². The van der Waals surface area contributed by atoms with Crippen LogP contribution in [0, 0.1) is 11.8 Å². The molecule has 15 N–H and O–H groups in total. The molecule has 0 unspecified atom stereocenters. The number of cyclic esters (lactones) is 6. The van der Waals surface area contributed by atoms with E-state index in [9.17, 15) is 91.1 Å². The van der Waals surface area contributed by atoms with Gasteiger partial charge >= 0.3 is 113 Å². The van der Waals surface area contributed by atoms with Crippen LogP contribution in [-0.4, -0.2) is 340 Å². The summed E-state index contributed by atoms with van der Waals surface area (Å²) in [6.07, 6.45) is 5.40. The summed E-state index contributed by atoms with van der Waals surface area (Å²) in [5.74, 6) is -3.76. The second-order valence-electron chi connectivity index (χ2n) is 34.6. The van der Waals surface area contributed by atoms with Crippen LogP contribution in [0.4, 0.5) is 14.4 Å². The maximum atomic E-state index is 13.4. The molecule has 37 nitrogen and oxygen atoms in total. The van der Waals surface area contributed by atoms with Crippen LogP contribution < -0.4 is 107 Å². The topological polar surface area (TPSA) is 563 Å². The van der Waals surface area contributed by atoms with Crippen molar-refractivity contribution in [3.8, 4) is 0 Å². The number of alkyl carbamates (subject to hydrolysis) is 3. The Morgan fingerprint density at radius 3 is 0.906 bits per heavy atom. The Morgan fingerprint density at radius 1 is 0.413 bits per heavy atom. The molecule has 0 aliphatic carbocycles. The van der Waals surface area contributed by atoms with Gasteiger partial charge in [0.1, 0.15) is 52.3 Å². The maximum absolute atomic E-state index is 13.4. The van der Waals surface area contributed by atoms with Crippen molar-refractivity contribution in [2.24, 2.45) is 11.8 Å². The number of hydrogen-bond acceptors (Lipinski definition) is 34. The average molecular weight is 2190 g/mol. The van der Waals surface area contributed by atoms with Crippen molar-refractivity contribution in [1.82, 2.24) is 47.9 Å². The van der Waals surface area contributed by atoms with Gasteiger partial charge in [-0.1, -0.05) is 55.7 Å². The maximum Gasteiger partial charge on any atom is 1.00 e. The molecule has 4 rings (SSSR count). The fraction of sp³-hybridized carbons (Fsp3) is 0.789. The van der Waals surface area contributed by atoms with E-state index < -0.39 is 137 Å². The van der Waals surface area contributed by atoms with Crippen LogP contribution in [0.1, 0.15) is 220 Å². The number of nitrogens with one attached hydrogen (secondary N) is 9. The van der Waals surface area contributed by atoms with E-state index >= 15 is 0 Å². The van der Waals surface area contributed by atoms with Gasteiger partial charge in [0.05, 0.1) is 36.3 Å². The molecule has 138 heavy (non-hydrogen) atoms. The number of amides is 5. The number of likely N-dealkylation sites (N-methyl/N-ethyl adjacent to an activating group) is 4. The van der Waals surface area contributed by atoms with Gasteiger partial charge in [-0.05, 0) is 261 Å². The summed E-state index contributed by atoms with van der Waals surface area (Å²) < 4.78 is 33.5. The molecule has 799 valence electrons. The fourth-order valence-electron chi connectivity index (χ4n) is 10.1. The second kappa shape index (κ2) is 96.0. The largest absolute Gasteiger partial charge is 1.00 e. The standard InChI is InChI=1S/C30H53N3O8S.C22H35N3O6S.C10H15NO5.C8H8N2O6S2.C4H8O.4C3H9P.2C2H6.Co.2Na.2H2O/c1-19(34)22(11-13-26(37)40-29(3,4)5)33-28(39)21(15-16-42-18-24(32-10)20(2)35)17-25(36)23(31-9)12-14-27(38)41-30(6,7)8;1-15(28)18(7-5-10-26)25-22(31)17(9-12-32-14-20(24-4)16(2)29)13-21(30)19(23-3)8-6-11-27;1-10(2,3)16-7(12)5-4-6-8(13)15-9(14)11-6;11-5-3(9-7(13)15-5)1-17-18-2-4-6(12)16-8(14)10-4;1-2-4-5-3-1;4*1-4(2)3;2*1-2;;;;;/h21-24,31-32H,11-18H2,1-10H3,(H,33,39);17-20,23-24H,5-9,12-14H2,1-4H3,(H,25,31);6H,4-5H2,1-3H3,(H,11,14);3-4H,1-2H2,(H,9,13)(H,10,14);1-4H2;4*1-3H3;2*1-2H3;;;;2*1H2/q;-2;;;;;;;;;;;2*+1;;/p+2/t21-,22+,23+,24+;17-,18+,19+,20+;6-;3-,4-;;;;;;;;;;;;/m1100............/s1. The Labute approximate surface area is 900 Å². The second-order valence-corrected chi connectivity index (χ2v) is 50.2. The minimum Gasteiger partial charge on any atom is -0.542 e. The number of rotatable bonds is 48. The third-order valence-electron chi connectivity index (χ3n) is 16.1. The first-order valence-corrected chi connectivity index (χ1v) is 60.0. The summed E-state index contributed by atoms with van der Waals surface area (Å²) in [6, 6.07) is -5.63. The average Bonchev–Trinajstić information content (AvgIpc) is 1.76. The summed E-state index contributed by atoms with van der Waals surface area (Å²) in [5.41, 5.74) is -1.85. The number of hydrogen-bond donors (Lipinski definition) is 9. The van der Waals surface area contributed by atoms with Crippen LogP contribution in [0.5, 0.6) is 0 Å². The van der Waals surface area contributed by atoms with Crippen molar-refractivity contribution >= 4 is 190 Å². The van der Waals surface area contributed by atoms with Gasteiger partial charge in [-0.15, -0.1) is 31.7 Å². The van der Waals surface area contributed by atoms with Crippen molar-refractivity contribution in [3.63, 3.8) is 0 Å². The zero-order chi connectivity index (χ0) is 105. The van der Waals surface area contributed by atoms with Gasteiger partial charge in [-0.25, -0.2) is 28.8 Å². The molecule has 0 saturated carbocycles. The minimum atomic E-state index is -0.908. The SMILES string of the molecule is C1CCOC1.CC.CC.CC(C)(C)OC(=O)CC[C@@H]1NC(=O)OC1=O.CN[C@@H](CSCC[C@H](CC(=O)[C@H](CCC(=O)OC(C)(C)C)NC)C(=O)N[C@@H](CCC(=O)OC(C)(C)C)C(C)=O)C(C)=O.CN[C@@H](CSCC[C@H](CC(=O)[C@H](CC[C-]=O)NC)C(=O)N[C@@H](CC[C-]=O)C(C)=O)C(C)=O.CP(C)C.CP(C)C.CP(C)C.CP(C)C.O=C1N[C@@H](CSSC[C@@H]2NC(=O)OC2=O)C(=O)O1.[Co].[Na+].[Na+].[OH3+].[OH3+]. The quantitative estimate of drug-likeness (QED) is 0.00480. The van der Waals surface area contributed by atoms with Gasteiger partial charge in [0, 0.05) is 96.9 Å². The van der Waals surface area contributed by atoms with Crippen LogP contribution in [-0.2, 0) is 138 Å². The zero-order valence-corrected chi connectivity index (χ0v) is 101. The Kier molecular flexibility index (Phi) is 111. The van der Waals surface area contributed by atoms with Crippen LogP contribution >= 0.6 is 76.8 Å². The summed E-state index contributed by atoms with van der Waals surface area (Å²) in [4.78, 5) is 222. The van der Waals surface area contributed by atoms with Crippen molar-refractivity contribution < 1.29 is 211 Å². The fourth-order valence-corrected chi connectivity index (χ4v) is 14.9. The first-order chi connectivity index (χ1) is 61.8. The summed E-state index contributed by atoms with van der Waals surface area (Å²) in [7, 11) is 10.7.